The average molecular weight is 386 g/mol. The van der Waals surface area contributed by atoms with E-state index >= 15 is 0 Å². The Hall–Kier alpha value is -2.10. The smallest absolute Gasteiger partial charge is 0.403 e. The Morgan fingerprint density at radius 2 is 2.22 bits per heavy atom. The zero-order valence-electron chi connectivity index (χ0n) is 15.5. The van der Waals surface area contributed by atoms with E-state index in [-0.39, 0.29) is 30.3 Å². The third kappa shape index (κ3) is 4.60. The van der Waals surface area contributed by atoms with Crippen molar-refractivity contribution in [3.8, 4) is 6.01 Å². The molecule has 0 saturated carbocycles. The van der Waals surface area contributed by atoms with Crippen LogP contribution < -0.4 is 15.8 Å². The van der Waals surface area contributed by atoms with Gasteiger partial charge in [0.05, 0.1) is 18.0 Å². The third-order valence-corrected chi connectivity index (χ3v) is 4.85. The topological polar surface area (TPSA) is 90.4 Å². The summed E-state index contributed by atoms with van der Waals surface area (Å²) in [5.41, 5.74) is 7.06. The standard InChI is InChI=1S/C17H25F3N6O/c1-3-4-10(2)27-16-24-14(21)15-23-9-12(26(15)25-16)7-11-5-6-22-13(8-11)17(18,19)20/h9-11,13,22H,3-8H2,1-2H3,(H2,21,24,25)/t10-,11?,13?/m0/s1. The molecule has 3 N–H and O–H groups in total. The van der Waals surface area contributed by atoms with Crippen LogP contribution in [0.1, 0.15) is 45.2 Å². The third-order valence-electron chi connectivity index (χ3n) is 4.85. The van der Waals surface area contributed by atoms with Gasteiger partial charge in [0.1, 0.15) is 6.04 Å². The van der Waals surface area contributed by atoms with Gasteiger partial charge in [0.25, 0.3) is 0 Å². The van der Waals surface area contributed by atoms with Gasteiger partial charge in [0.2, 0.25) is 0 Å². The maximum atomic E-state index is 13.0. The molecule has 27 heavy (non-hydrogen) atoms. The lowest BCUT2D eigenvalue weighted by molar-refractivity contribution is -0.163. The normalized spacial score (nSPS) is 22.1. The number of nitrogens with zero attached hydrogens (tertiary/aromatic N) is 4. The van der Waals surface area contributed by atoms with Crippen molar-refractivity contribution in [1.82, 2.24) is 24.9 Å². The summed E-state index contributed by atoms with van der Waals surface area (Å²) in [6.07, 6.45) is 0.264. The fraction of sp³-hybridized carbons (Fsp3) is 0.706. The highest BCUT2D eigenvalue weighted by Crippen LogP contribution is 2.31. The molecule has 2 aromatic rings. The Kier molecular flexibility index (Phi) is 5.73. The summed E-state index contributed by atoms with van der Waals surface area (Å²) in [6, 6.07) is -1.32. The van der Waals surface area contributed by atoms with Gasteiger partial charge in [-0.2, -0.15) is 18.2 Å². The Bertz CT molecular complexity index is 778. The van der Waals surface area contributed by atoms with E-state index in [1.807, 2.05) is 6.92 Å². The van der Waals surface area contributed by atoms with Gasteiger partial charge in [-0.05, 0) is 45.1 Å². The van der Waals surface area contributed by atoms with E-state index in [1.54, 1.807) is 10.7 Å². The number of piperidine rings is 1. The van der Waals surface area contributed by atoms with Gasteiger partial charge in [-0.25, -0.2) is 9.50 Å². The van der Waals surface area contributed by atoms with Gasteiger partial charge >= 0.3 is 12.2 Å². The molecule has 1 aliphatic heterocycles. The molecule has 0 aromatic carbocycles. The summed E-state index contributed by atoms with van der Waals surface area (Å²) >= 11 is 0. The summed E-state index contributed by atoms with van der Waals surface area (Å²) in [6.45, 7) is 4.32. The molecule has 2 aromatic heterocycles. The second kappa shape index (κ2) is 7.87. The summed E-state index contributed by atoms with van der Waals surface area (Å²) in [7, 11) is 0. The number of imidazole rings is 1. The molecule has 10 heteroatoms. The number of alkyl halides is 3. The van der Waals surface area contributed by atoms with E-state index < -0.39 is 12.2 Å². The first-order chi connectivity index (χ1) is 12.8. The fourth-order valence-electron chi connectivity index (χ4n) is 3.49. The Balaban J connectivity index is 1.79. The highest BCUT2D eigenvalue weighted by Gasteiger charge is 2.42. The fourth-order valence-corrected chi connectivity index (χ4v) is 3.49. The van der Waals surface area contributed by atoms with Crippen LogP contribution in [0.5, 0.6) is 6.01 Å². The summed E-state index contributed by atoms with van der Waals surface area (Å²) in [5.74, 6) is 0.0748. The molecule has 1 fully saturated rings. The van der Waals surface area contributed by atoms with E-state index in [2.05, 4.69) is 27.3 Å². The van der Waals surface area contributed by atoms with Crippen LogP contribution in [0.3, 0.4) is 0 Å². The van der Waals surface area contributed by atoms with Crippen LogP contribution in [0.4, 0.5) is 19.0 Å². The Labute approximate surface area is 155 Å². The first kappa shape index (κ1) is 19.7. The minimum atomic E-state index is -4.23. The molecule has 1 saturated heterocycles. The molecule has 7 nitrogen and oxygen atoms in total. The molecule has 3 heterocycles. The molecular weight excluding hydrogens is 361 g/mol. The van der Waals surface area contributed by atoms with Crippen LogP contribution in [0, 0.1) is 5.92 Å². The second-order valence-corrected chi connectivity index (χ2v) is 7.12. The molecule has 0 bridgehead atoms. The van der Waals surface area contributed by atoms with Crippen molar-refractivity contribution >= 4 is 11.5 Å². The van der Waals surface area contributed by atoms with Crippen molar-refractivity contribution in [1.29, 1.82) is 0 Å². The number of hydrogen-bond acceptors (Lipinski definition) is 6. The van der Waals surface area contributed by atoms with Gasteiger partial charge in [0, 0.05) is 0 Å². The van der Waals surface area contributed by atoms with Crippen LogP contribution in [0.15, 0.2) is 6.20 Å². The van der Waals surface area contributed by atoms with Crippen LogP contribution in [-0.4, -0.2) is 44.4 Å². The largest absolute Gasteiger partial charge is 0.459 e. The quantitative estimate of drug-likeness (QED) is 0.793. The average Bonchev–Trinajstić information content (AvgIpc) is 2.98. The minimum absolute atomic E-state index is 0.0359. The maximum Gasteiger partial charge on any atom is 0.403 e. The number of anilines is 1. The van der Waals surface area contributed by atoms with Crippen LogP contribution in [-0.2, 0) is 6.42 Å². The molecule has 3 atom stereocenters. The molecular formula is C17H25F3N6O. The summed E-state index contributed by atoms with van der Waals surface area (Å²) in [5, 5.41) is 6.90. The molecule has 3 rings (SSSR count). The predicted molar refractivity (Wildman–Crippen MR) is 94.5 cm³/mol. The molecule has 0 spiro atoms. The molecule has 150 valence electrons. The molecule has 0 aliphatic carbocycles. The van der Waals surface area contributed by atoms with Crippen molar-refractivity contribution < 1.29 is 17.9 Å². The molecule has 0 amide bonds. The van der Waals surface area contributed by atoms with Crippen molar-refractivity contribution in [3.63, 3.8) is 0 Å². The van der Waals surface area contributed by atoms with E-state index in [0.29, 0.717) is 30.7 Å². The van der Waals surface area contributed by atoms with E-state index in [4.69, 9.17) is 10.5 Å². The number of ether oxygens (including phenoxy) is 1. The van der Waals surface area contributed by atoms with Gasteiger partial charge in [-0.15, -0.1) is 5.10 Å². The Morgan fingerprint density at radius 3 is 2.93 bits per heavy atom. The van der Waals surface area contributed by atoms with Crippen molar-refractivity contribution in [2.75, 3.05) is 12.3 Å². The predicted octanol–water partition coefficient (Wildman–Crippen LogP) is 2.75. The van der Waals surface area contributed by atoms with Crippen LogP contribution in [0.2, 0.25) is 0 Å². The number of hydrogen-bond donors (Lipinski definition) is 2. The minimum Gasteiger partial charge on any atom is -0.459 e. The van der Waals surface area contributed by atoms with E-state index in [0.717, 1.165) is 12.8 Å². The van der Waals surface area contributed by atoms with Crippen molar-refractivity contribution in [2.24, 2.45) is 5.92 Å². The van der Waals surface area contributed by atoms with Crippen molar-refractivity contribution in [2.45, 2.75) is 64.3 Å². The lowest BCUT2D eigenvalue weighted by atomic mass is 9.88. The van der Waals surface area contributed by atoms with Gasteiger partial charge in [-0.1, -0.05) is 13.3 Å². The number of aromatic nitrogens is 4. The summed E-state index contributed by atoms with van der Waals surface area (Å²) in [4.78, 5) is 8.36. The Morgan fingerprint density at radius 1 is 1.44 bits per heavy atom. The number of nitrogens with one attached hydrogen (secondary N) is 1. The molecule has 0 radical (unpaired) electrons. The van der Waals surface area contributed by atoms with Crippen LogP contribution in [0.25, 0.3) is 5.65 Å². The number of rotatable bonds is 6. The summed E-state index contributed by atoms with van der Waals surface area (Å²) < 4.78 is 46.3. The van der Waals surface area contributed by atoms with Gasteiger partial charge < -0.3 is 15.8 Å². The second-order valence-electron chi connectivity index (χ2n) is 7.12. The highest BCUT2D eigenvalue weighted by molar-refractivity contribution is 5.59. The number of nitrogen functional groups attached to an aromatic ring is 1. The van der Waals surface area contributed by atoms with Crippen molar-refractivity contribution in [3.05, 3.63) is 11.9 Å². The van der Waals surface area contributed by atoms with E-state index in [1.165, 1.54) is 0 Å². The lowest BCUT2D eigenvalue weighted by Gasteiger charge is -2.31. The zero-order chi connectivity index (χ0) is 19.6. The lowest BCUT2D eigenvalue weighted by Crippen LogP contribution is -2.48. The van der Waals surface area contributed by atoms with Gasteiger partial charge in [0.15, 0.2) is 11.5 Å². The number of fused-ring (bicyclic) bond motifs is 1. The molecule has 1 aliphatic rings. The zero-order valence-corrected chi connectivity index (χ0v) is 15.5. The van der Waals surface area contributed by atoms with E-state index in [9.17, 15) is 13.2 Å². The van der Waals surface area contributed by atoms with Crippen LogP contribution >= 0.6 is 0 Å². The van der Waals surface area contributed by atoms with Gasteiger partial charge in [-0.3, -0.25) is 0 Å². The number of halogens is 3. The molecule has 2 unspecified atom stereocenters. The monoisotopic (exact) mass is 386 g/mol. The number of nitrogens with two attached hydrogens (primary N) is 1. The maximum absolute atomic E-state index is 13.0. The first-order valence-electron chi connectivity index (χ1n) is 9.24. The first-order valence-corrected chi connectivity index (χ1v) is 9.24. The highest BCUT2D eigenvalue weighted by atomic mass is 19.4. The SMILES string of the molecule is CCC[C@H](C)Oc1nc(N)c2ncc(CC3CCNC(C(F)(F)F)C3)n2n1.